The van der Waals surface area contributed by atoms with E-state index in [9.17, 15) is 14.7 Å². The molecule has 8 heteroatoms. The van der Waals surface area contributed by atoms with Gasteiger partial charge in [0.1, 0.15) is 11.7 Å². The summed E-state index contributed by atoms with van der Waals surface area (Å²) in [7, 11) is 0. The second kappa shape index (κ2) is 5.91. The van der Waals surface area contributed by atoms with Crippen LogP contribution in [-0.2, 0) is 10.2 Å². The van der Waals surface area contributed by atoms with Crippen molar-refractivity contribution in [2.75, 3.05) is 13.1 Å². The molecular weight excluding hydrogens is 413 g/mol. The number of nitrogens with zero attached hydrogens (tertiary/aromatic N) is 3. The first kappa shape index (κ1) is 15.9. The van der Waals surface area contributed by atoms with Crippen molar-refractivity contribution < 1.29 is 19.8 Å². The standard InChI is InChI=1S/C15H14IN3O4/c16-9-1-2-11-10(7-9)12(18-8-17-11)15(13(20)21)3-5-19(6-4-15)14(22)23/h1-2,7-8H,3-6H2,(H,20,21)(H,22,23). The molecule has 0 radical (unpaired) electrons. The van der Waals surface area contributed by atoms with Gasteiger partial charge >= 0.3 is 12.1 Å². The summed E-state index contributed by atoms with van der Waals surface area (Å²) in [6.07, 6.45) is 0.753. The van der Waals surface area contributed by atoms with Crippen LogP contribution >= 0.6 is 22.6 Å². The van der Waals surface area contributed by atoms with E-state index < -0.39 is 17.5 Å². The molecule has 2 heterocycles. The van der Waals surface area contributed by atoms with E-state index in [2.05, 4.69) is 32.6 Å². The zero-order valence-electron chi connectivity index (χ0n) is 12.1. The smallest absolute Gasteiger partial charge is 0.407 e. The van der Waals surface area contributed by atoms with Crippen LogP contribution in [0, 0.1) is 3.57 Å². The summed E-state index contributed by atoms with van der Waals surface area (Å²) >= 11 is 2.16. The molecular formula is C15H14IN3O4. The number of aliphatic carboxylic acids is 1. The van der Waals surface area contributed by atoms with E-state index in [1.807, 2.05) is 18.2 Å². The van der Waals surface area contributed by atoms with Gasteiger partial charge in [0, 0.05) is 22.0 Å². The molecule has 1 aromatic carbocycles. The van der Waals surface area contributed by atoms with Crippen LogP contribution in [-0.4, -0.2) is 50.2 Å². The third-order valence-electron chi connectivity index (χ3n) is 4.35. The molecule has 1 saturated heterocycles. The van der Waals surface area contributed by atoms with Crippen LogP contribution in [0.1, 0.15) is 18.5 Å². The van der Waals surface area contributed by atoms with Gasteiger partial charge in [0.05, 0.1) is 11.2 Å². The van der Waals surface area contributed by atoms with Gasteiger partial charge in [-0.2, -0.15) is 0 Å². The van der Waals surface area contributed by atoms with Gasteiger partial charge in [-0.05, 0) is 53.6 Å². The van der Waals surface area contributed by atoms with Gasteiger partial charge in [0.25, 0.3) is 0 Å². The van der Waals surface area contributed by atoms with E-state index >= 15 is 0 Å². The van der Waals surface area contributed by atoms with Crippen molar-refractivity contribution in [3.63, 3.8) is 0 Å². The Morgan fingerprint density at radius 1 is 1.17 bits per heavy atom. The number of benzene rings is 1. The Morgan fingerprint density at radius 2 is 1.87 bits per heavy atom. The first-order chi connectivity index (χ1) is 10.9. The van der Waals surface area contributed by atoms with Gasteiger partial charge < -0.3 is 15.1 Å². The summed E-state index contributed by atoms with van der Waals surface area (Å²) in [6.45, 7) is 0.355. The summed E-state index contributed by atoms with van der Waals surface area (Å²) in [5.74, 6) is -0.971. The fourth-order valence-electron chi connectivity index (χ4n) is 3.04. The molecule has 2 aromatic rings. The van der Waals surface area contributed by atoms with E-state index in [0.29, 0.717) is 16.6 Å². The average Bonchev–Trinajstić information content (AvgIpc) is 2.54. The summed E-state index contributed by atoms with van der Waals surface area (Å²) in [4.78, 5) is 32.9. The maximum absolute atomic E-state index is 12.1. The molecule has 23 heavy (non-hydrogen) atoms. The maximum atomic E-state index is 12.1. The molecule has 0 atom stereocenters. The molecule has 0 spiro atoms. The van der Waals surface area contributed by atoms with Crippen molar-refractivity contribution in [3.8, 4) is 0 Å². The SMILES string of the molecule is O=C(O)N1CCC(C(=O)O)(c2ncnc3ccc(I)cc23)CC1. The number of hydrogen-bond donors (Lipinski definition) is 2. The Balaban J connectivity index is 2.12. The second-order valence-electron chi connectivity index (χ2n) is 5.54. The van der Waals surface area contributed by atoms with Crippen molar-refractivity contribution >= 4 is 45.6 Å². The summed E-state index contributed by atoms with van der Waals surface area (Å²) in [5.41, 5.74) is -0.0207. The number of piperidine rings is 1. The fraction of sp³-hybridized carbons (Fsp3) is 0.333. The number of carboxylic acids is 1. The normalized spacial score (nSPS) is 17.2. The maximum Gasteiger partial charge on any atom is 0.407 e. The molecule has 0 aliphatic carbocycles. The number of carbonyl (C=O) groups is 2. The van der Waals surface area contributed by atoms with Gasteiger partial charge in [0.2, 0.25) is 0 Å². The monoisotopic (exact) mass is 427 g/mol. The second-order valence-corrected chi connectivity index (χ2v) is 6.79. The highest BCUT2D eigenvalue weighted by molar-refractivity contribution is 14.1. The molecule has 1 amide bonds. The Hall–Kier alpha value is -1.97. The predicted octanol–water partition coefficient (Wildman–Crippen LogP) is 2.33. The van der Waals surface area contributed by atoms with Gasteiger partial charge in [-0.15, -0.1) is 0 Å². The first-order valence-corrected chi connectivity index (χ1v) is 8.14. The van der Waals surface area contributed by atoms with Crippen LogP contribution in [0.3, 0.4) is 0 Å². The number of rotatable bonds is 2. The molecule has 0 bridgehead atoms. The van der Waals surface area contributed by atoms with Crippen LogP contribution in [0.5, 0.6) is 0 Å². The molecule has 1 aliphatic rings. The number of amides is 1. The minimum absolute atomic E-state index is 0.178. The predicted molar refractivity (Wildman–Crippen MR) is 90.4 cm³/mol. The van der Waals surface area contributed by atoms with E-state index in [1.54, 1.807) is 0 Å². The topological polar surface area (TPSA) is 104 Å². The number of carboxylic acid groups (broad SMARTS) is 2. The minimum atomic E-state index is -1.18. The Morgan fingerprint density at radius 3 is 2.48 bits per heavy atom. The average molecular weight is 427 g/mol. The highest BCUT2D eigenvalue weighted by Crippen LogP contribution is 2.38. The lowest BCUT2D eigenvalue weighted by molar-refractivity contribution is -0.146. The van der Waals surface area contributed by atoms with E-state index in [-0.39, 0.29) is 25.9 Å². The lowest BCUT2D eigenvalue weighted by Gasteiger charge is -2.37. The van der Waals surface area contributed by atoms with Crippen LogP contribution in [0.4, 0.5) is 4.79 Å². The van der Waals surface area contributed by atoms with Gasteiger partial charge in [-0.1, -0.05) is 0 Å². The zero-order valence-corrected chi connectivity index (χ0v) is 14.2. The summed E-state index contributed by atoms with van der Waals surface area (Å²) in [5, 5.41) is 19.7. The summed E-state index contributed by atoms with van der Waals surface area (Å²) < 4.78 is 0.967. The van der Waals surface area contributed by atoms with E-state index in [4.69, 9.17) is 5.11 Å². The number of aromatic nitrogens is 2. The minimum Gasteiger partial charge on any atom is -0.481 e. The molecule has 1 aliphatic heterocycles. The number of halogens is 1. The molecule has 7 nitrogen and oxygen atoms in total. The first-order valence-electron chi connectivity index (χ1n) is 7.06. The van der Waals surface area contributed by atoms with Crippen molar-refractivity contribution in [2.24, 2.45) is 0 Å². The fourth-order valence-corrected chi connectivity index (χ4v) is 3.53. The van der Waals surface area contributed by atoms with Gasteiger partial charge in [0.15, 0.2) is 0 Å². The van der Waals surface area contributed by atoms with E-state index in [1.165, 1.54) is 11.2 Å². The van der Waals surface area contributed by atoms with Crippen LogP contribution in [0.25, 0.3) is 10.9 Å². The molecule has 1 aromatic heterocycles. The largest absolute Gasteiger partial charge is 0.481 e. The van der Waals surface area contributed by atoms with Crippen LogP contribution < -0.4 is 0 Å². The molecule has 0 unspecified atom stereocenters. The Kier molecular flexibility index (Phi) is 4.09. The van der Waals surface area contributed by atoms with Gasteiger partial charge in [-0.3, -0.25) is 4.79 Å². The summed E-state index contributed by atoms with van der Waals surface area (Å²) in [6, 6.07) is 5.61. The number of likely N-dealkylation sites (tertiary alicyclic amines) is 1. The zero-order chi connectivity index (χ0) is 16.6. The van der Waals surface area contributed by atoms with Crippen molar-refractivity contribution in [1.29, 1.82) is 0 Å². The molecule has 120 valence electrons. The van der Waals surface area contributed by atoms with Crippen LogP contribution in [0.15, 0.2) is 24.5 Å². The highest BCUT2D eigenvalue weighted by Gasteiger charge is 2.46. The molecule has 1 fully saturated rings. The van der Waals surface area contributed by atoms with Gasteiger partial charge in [-0.25, -0.2) is 14.8 Å². The van der Waals surface area contributed by atoms with Crippen LogP contribution in [0.2, 0.25) is 0 Å². The lowest BCUT2D eigenvalue weighted by atomic mass is 9.74. The van der Waals surface area contributed by atoms with Crippen molar-refractivity contribution in [2.45, 2.75) is 18.3 Å². The Bertz CT molecular complexity index is 787. The molecule has 3 rings (SSSR count). The highest BCUT2D eigenvalue weighted by atomic mass is 127. The quantitative estimate of drug-likeness (QED) is 0.714. The van der Waals surface area contributed by atoms with Crippen molar-refractivity contribution in [3.05, 3.63) is 33.8 Å². The van der Waals surface area contributed by atoms with Crippen molar-refractivity contribution in [1.82, 2.24) is 14.9 Å². The third-order valence-corrected chi connectivity index (χ3v) is 5.02. The Labute approximate surface area is 145 Å². The van der Waals surface area contributed by atoms with E-state index in [0.717, 1.165) is 3.57 Å². The number of fused-ring (bicyclic) bond motifs is 1. The third kappa shape index (κ3) is 2.71. The number of hydrogen-bond acceptors (Lipinski definition) is 4. The molecule has 0 saturated carbocycles. The lowest BCUT2D eigenvalue weighted by Crippen LogP contribution is -2.49. The molecule has 2 N–H and O–H groups in total.